The zero-order valence-corrected chi connectivity index (χ0v) is 7.86. The van der Waals surface area contributed by atoms with Gasteiger partial charge in [-0.2, -0.15) is 0 Å². The average molecular weight is 181 g/mol. The Morgan fingerprint density at radius 3 is 3.15 bits per heavy atom. The van der Waals surface area contributed by atoms with Gasteiger partial charge in [-0.3, -0.25) is 4.90 Å². The SMILES string of the molecule is Cc1cc(CN2CC[C@H](N)C2)no1. The van der Waals surface area contributed by atoms with Crippen LogP contribution in [0.5, 0.6) is 0 Å². The molecule has 0 radical (unpaired) electrons. The van der Waals surface area contributed by atoms with Crippen molar-refractivity contribution in [1.29, 1.82) is 0 Å². The van der Waals surface area contributed by atoms with Gasteiger partial charge in [0.1, 0.15) is 5.76 Å². The van der Waals surface area contributed by atoms with Crippen molar-refractivity contribution < 1.29 is 4.52 Å². The van der Waals surface area contributed by atoms with Crippen LogP contribution >= 0.6 is 0 Å². The molecule has 1 aliphatic heterocycles. The Bertz CT molecular complexity index is 284. The third kappa shape index (κ3) is 2.08. The number of aromatic nitrogens is 1. The molecule has 1 aliphatic rings. The van der Waals surface area contributed by atoms with Crippen LogP contribution < -0.4 is 5.73 Å². The van der Waals surface area contributed by atoms with Crippen LogP contribution in [0.15, 0.2) is 10.6 Å². The number of hydrogen-bond donors (Lipinski definition) is 1. The second-order valence-electron chi connectivity index (χ2n) is 3.71. The molecule has 2 rings (SSSR count). The summed E-state index contributed by atoms with van der Waals surface area (Å²) in [7, 11) is 0. The minimum absolute atomic E-state index is 0.341. The highest BCUT2D eigenvalue weighted by atomic mass is 16.5. The fraction of sp³-hybridized carbons (Fsp3) is 0.667. The van der Waals surface area contributed by atoms with Gasteiger partial charge in [0.2, 0.25) is 0 Å². The fourth-order valence-electron chi connectivity index (χ4n) is 1.73. The van der Waals surface area contributed by atoms with E-state index < -0.39 is 0 Å². The van der Waals surface area contributed by atoms with Crippen molar-refractivity contribution >= 4 is 0 Å². The molecule has 4 heteroatoms. The first kappa shape index (κ1) is 8.72. The van der Waals surface area contributed by atoms with Gasteiger partial charge in [-0.05, 0) is 13.3 Å². The smallest absolute Gasteiger partial charge is 0.133 e. The highest BCUT2D eigenvalue weighted by Crippen LogP contribution is 2.11. The second-order valence-corrected chi connectivity index (χ2v) is 3.71. The molecule has 72 valence electrons. The molecule has 0 bridgehead atoms. The van der Waals surface area contributed by atoms with Crippen LogP contribution in [0.25, 0.3) is 0 Å². The summed E-state index contributed by atoms with van der Waals surface area (Å²) < 4.78 is 4.99. The topological polar surface area (TPSA) is 55.3 Å². The van der Waals surface area contributed by atoms with Gasteiger partial charge in [0, 0.05) is 31.7 Å². The number of nitrogens with two attached hydrogens (primary N) is 1. The summed E-state index contributed by atoms with van der Waals surface area (Å²) in [6, 6.07) is 2.32. The van der Waals surface area contributed by atoms with Crippen LogP contribution in [0.4, 0.5) is 0 Å². The Balaban J connectivity index is 1.91. The molecule has 2 heterocycles. The van der Waals surface area contributed by atoms with Crippen molar-refractivity contribution in [3.63, 3.8) is 0 Å². The van der Waals surface area contributed by atoms with E-state index in [9.17, 15) is 0 Å². The molecule has 0 amide bonds. The zero-order valence-electron chi connectivity index (χ0n) is 7.86. The van der Waals surface area contributed by atoms with Crippen LogP contribution in [-0.4, -0.2) is 29.2 Å². The summed E-state index contributed by atoms with van der Waals surface area (Å²) in [4.78, 5) is 2.31. The van der Waals surface area contributed by atoms with Crippen molar-refractivity contribution in [2.75, 3.05) is 13.1 Å². The summed E-state index contributed by atoms with van der Waals surface area (Å²) in [5, 5.41) is 3.95. The Hall–Kier alpha value is -0.870. The van der Waals surface area contributed by atoms with E-state index in [1.807, 2.05) is 13.0 Å². The number of rotatable bonds is 2. The van der Waals surface area contributed by atoms with E-state index in [1.165, 1.54) is 0 Å². The Labute approximate surface area is 77.7 Å². The number of likely N-dealkylation sites (tertiary alicyclic amines) is 1. The Kier molecular flexibility index (Phi) is 2.33. The molecule has 1 aromatic heterocycles. The van der Waals surface area contributed by atoms with Gasteiger partial charge >= 0.3 is 0 Å². The maximum atomic E-state index is 5.80. The normalized spacial score (nSPS) is 24.0. The van der Waals surface area contributed by atoms with Gasteiger partial charge in [-0.15, -0.1) is 0 Å². The van der Waals surface area contributed by atoms with E-state index in [0.29, 0.717) is 6.04 Å². The van der Waals surface area contributed by atoms with Crippen LogP contribution in [0.2, 0.25) is 0 Å². The molecule has 1 fully saturated rings. The summed E-state index contributed by atoms with van der Waals surface area (Å²) in [6.45, 7) is 4.83. The lowest BCUT2D eigenvalue weighted by molar-refractivity contribution is 0.308. The van der Waals surface area contributed by atoms with E-state index in [-0.39, 0.29) is 0 Å². The third-order valence-corrected chi connectivity index (χ3v) is 2.37. The van der Waals surface area contributed by atoms with Crippen molar-refractivity contribution in [3.05, 3.63) is 17.5 Å². The third-order valence-electron chi connectivity index (χ3n) is 2.37. The molecule has 1 atom stereocenters. The summed E-state index contributed by atoms with van der Waals surface area (Å²) in [5.41, 5.74) is 6.80. The van der Waals surface area contributed by atoms with Gasteiger partial charge < -0.3 is 10.3 Å². The minimum atomic E-state index is 0.341. The highest BCUT2D eigenvalue weighted by Gasteiger charge is 2.19. The first-order valence-electron chi connectivity index (χ1n) is 4.64. The van der Waals surface area contributed by atoms with Crippen LogP contribution in [0, 0.1) is 6.92 Å². The van der Waals surface area contributed by atoms with E-state index in [0.717, 1.165) is 37.5 Å². The maximum Gasteiger partial charge on any atom is 0.133 e. The largest absolute Gasteiger partial charge is 0.361 e. The molecule has 0 unspecified atom stereocenters. The van der Waals surface area contributed by atoms with Crippen LogP contribution in [0.1, 0.15) is 17.9 Å². The summed E-state index contributed by atoms with van der Waals surface area (Å²) >= 11 is 0. The molecule has 0 aromatic carbocycles. The van der Waals surface area contributed by atoms with Gasteiger partial charge in [0.05, 0.1) is 5.69 Å². The molecule has 0 aliphatic carbocycles. The van der Waals surface area contributed by atoms with Crippen molar-refractivity contribution in [2.24, 2.45) is 5.73 Å². The van der Waals surface area contributed by atoms with E-state index in [1.54, 1.807) is 0 Å². The van der Waals surface area contributed by atoms with E-state index >= 15 is 0 Å². The molecular weight excluding hydrogens is 166 g/mol. The molecule has 1 aromatic rings. The lowest BCUT2D eigenvalue weighted by atomic mass is 10.3. The number of nitrogens with zero attached hydrogens (tertiary/aromatic N) is 2. The Morgan fingerprint density at radius 2 is 2.62 bits per heavy atom. The van der Waals surface area contributed by atoms with Crippen LogP contribution in [0.3, 0.4) is 0 Å². The quantitative estimate of drug-likeness (QED) is 0.722. The predicted molar refractivity (Wildman–Crippen MR) is 49.1 cm³/mol. The lowest BCUT2D eigenvalue weighted by Gasteiger charge is -2.11. The van der Waals surface area contributed by atoms with Gasteiger partial charge in [-0.25, -0.2) is 0 Å². The molecule has 0 spiro atoms. The first-order chi connectivity index (χ1) is 6.24. The van der Waals surface area contributed by atoms with Gasteiger partial charge in [0.25, 0.3) is 0 Å². The maximum absolute atomic E-state index is 5.80. The second kappa shape index (κ2) is 3.47. The predicted octanol–water partition coefficient (Wildman–Crippen LogP) is 0.516. The number of aryl methyl sites for hydroxylation is 1. The lowest BCUT2D eigenvalue weighted by Crippen LogP contribution is -2.26. The Morgan fingerprint density at radius 1 is 1.77 bits per heavy atom. The summed E-state index contributed by atoms with van der Waals surface area (Å²) in [5.74, 6) is 0.874. The monoisotopic (exact) mass is 181 g/mol. The average Bonchev–Trinajstić information content (AvgIpc) is 2.62. The van der Waals surface area contributed by atoms with Gasteiger partial charge in [0.15, 0.2) is 0 Å². The van der Waals surface area contributed by atoms with Crippen LogP contribution in [-0.2, 0) is 6.54 Å². The van der Waals surface area contributed by atoms with Crippen molar-refractivity contribution in [2.45, 2.75) is 25.9 Å². The molecule has 4 nitrogen and oxygen atoms in total. The molecule has 2 N–H and O–H groups in total. The molecule has 1 saturated heterocycles. The molecular formula is C9H15N3O. The molecule has 0 saturated carbocycles. The van der Waals surface area contributed by atoms with Crippen molar-refractivity contribution in [3.8, 4) is 0 Å². The van der Waals surface area contributed by atoms with E-state index in [4.69, 9.17) is 10.3 Å². The van der Waals surface area contributed by atoms with E-state index in [2.05, 4.69) is 10.1 Å². The highest BCUT2D eigenvalue weighted by molar-refractivity contribution is 5.03. The first-order valence-corrected chi connectivity index (χ1v) is 4.64. The fourth-order valence-corrected chi connectivity index (χ4v) is 1.73. The summed E-state index contributed by atoms with van der Waals surface area (Å²) in [6.07, 6.45) is 1.09. The standard InChI is InChI=1S/C9H15N3O/c1-7-4-9(11-13-7)6-12-3-2-8(10)5-12/h4,8H,2-3,5-6,10H2,1H3/t8-/m0/s1. The van der Waals surface area contributed by atoms with Gasteiger partial charge in [-0.1, -0.05) is 5.16 Å². The van der Waals surface area contributed by atoms with Crippen molar-refractivity contribution in [1.82, 2.24) is 10.1 Å². The zero-order chi connectivity index (χ0) is 9.26. The number of hydrogen-bond acceptors (Lipinski definition) is 4. The minimum Gasteiger partial charge on any atom is -0.361 e. The molecule has 13 heavy (non-hydrogen) atoms.